The number of carbonyl (C=O) groups is 1. The van der Waals surface area contributed by atoms with E-state index in [0.29, 0.717) is 0 Å². The Kier molecular flexibility index (Phi) is 3.21. The van der Waals surface area contributed by atoms with Crippen LogP contribution in [0.15, 0.2) is 12.3 Å². The van der Waals surface area contributed by atoms with E-state index in [1.807, 2.05) is 0 Å². The molecule has 0 spiro atoms. The number of rotatable bonds is 2. The summed E-state index contributed by atoms with van der Waals surface area (Å²) in [4.78, 5) is 14.6. The van der Waals surface area contributed by atoms with E-state index in [-0.39, 0.29) is 17.2 Å². The average molecular weight is 194 g/mol. The van der Waals surface area contributed by atoms with Gasteiger partial charge in [-0.2, -0.15) is 0 Å². The first kappa shape index (κ1) is 10.7. The molecule has 0 aliphatic rings. The van der Waals surface area contributed by atoms with E-state index in [0.717, 1.165) is 5.56 Å². The number of nitrogens with one attached hydrogen (secondary N) is 1. The van der Waals surface area contributed by atoms with Gasteiger partial charge in [-0.05, 0) is 12.5 Å². The van der Waals surface area contributed by atoms with Crippen molar-refractivity contribution in [3.05, 3.63) is 17.8 Å². The minimum absolute atomic E-state index is 0.179. The summed E-state index contributed by atoms with van der Waals surface area (Å²) in [6.45, 7) is 3.10. The smallest absolute Gasteiger partial charge is 0.423 e. The highest BCUT2D eigenvalue weighted by molar-refractivity contribution is 6.60. The Morgan fingerprint density at radius 3 is 2.71 bits per heavy atom. The second kappa shape index (κ2) is 4.21. The van der Waals surface area contributed by atoms with Crippen molar-refractivity contribution < 1.29 is 14.8 Å². The van der Waals surface area contributed by atoms with Gasteiger partial charge in [-0.15, -0.1) is 0 Å². The lowest BCUT2D eigenvalue weighted by Crippen LogP contribution is -2.34. The molecule has 0 saturated heterocycles. The van der Waals surface area contributed by atoms with Crippen molar-refractivity contribution in [2.45, 2.75) is 13.8 Å². The van der Waals surface area contributed by atoms with Gasteiger partial charge in [0.1, 0.15) is 5.82 Å². The third-order valence-corrected chi connectivity index (χ3v) is 1.63. The van der Waals surface area contributed by atoms with Crippen LogP contribution in [0.1, 0.15) is 12.5 Å². The van der Waals surface area contributed by atoms with E-state index >= 15 is 0 Å². The molecule has 5 nitrogen and oxygen atoms in total. The van der Waals surface area contributed by atoms with Crippen molar-refractivity contribution in [2.75, 3.05) is 5.32 Å². The van der Waals surface area contributed by atoms with Crippen molar-refractivity contribution in [2.24, 2.45) is 0 Å². The van der Waals surface area contributed by atoms with Gasteiger partial charge in [-0.1, -0.05) is 6.07 Å². The number of pyridine rings is 1. The summed E-state index contributed by atoms with van der Waals surface area (Å²) in [7, 11) is -1.63. The predicted octanol–water partition coefficient (Wildman–Crippen LogP) is -0.972. The Labute approximate surface area is 81.9 Å². The largest absolute Gasteiger partial charge is 0.492 e. The molecule has 0 saturated carbocycles. The summed E-state index contributed by atoms with van der Waals surface area (Å²) in [6.07, 6.45) is 1.54. The molecule has 1 rings (SSSR count). The summed E-state index contributed by atoms with van der Waals surface area (Å²) < 4.78 is 0. The third kappa shape index (κ3) is 2.55. The molecule has 0 aromatic carbocycles. The van der Waals surface area contributed by atoms with E-state index in [9.17, 15) is 4.79 Å². The maximum atomic E-state index is 10.8. The van der Waals surface area contributed by atoms with Crippen LogP contribution in [0.5, 0.6) is 0 Å². The maximum Gasteiger partial charge on any atom is 0.492 e. The Hall–Kier alpha value is -1.40. The van der Waals surface area contributed by atoms with Gasteiger partial charge in [0.15, 0.2) is 0 Å². The molecule has 1 aromatic rings. The molecular formula is C8H11BN2O3. The van der Waals surface area contributed by atoms with Gasteiger partial charge in [0.25, 0.3) is 0 Å². The Balaban J connectivity index is 3.08. The van der Waals surface area contributed by atoms with E-state index in [4.69, 9.17) is 10.0 Å². The quantitative estimate of drug-likeness (QED) is 0.529. The second-order valence-electron chi connectivity index (χ2n) is 3.01. The molecule has 1 amide bonds. The van der Waals surface area contributed by atoms with Gasteiger partial charge in [-0.3, -0.25) is 4.79 Å². The lowest BCUT2D eigenvalue weighted by Gasteiger charge is -2.08. The van der Waals surface area contributed by atoms with Crippen LogP contribution in [0.3, 0.4) is 0 Å². The third-order valence-electron chi connectivity index (χ3n) is 1.63. The van der Waals surface area contributed by atoms with Crippen LogP contribution < -0.4 is 10.8 Å². The fraction of sp³-hybridized carbons (Fsp3) is 0.250. The fourth-order valence-corrected chi connectivity index (χ4v) is 1.06. The molecule has 0 bridgehead atoms. The Morgan fingerprint density at radius 2 is 2.21 bits per heavy atom. The summed E-state index contributed by atoms with van der Waals surface area (Å²) in [5, 5.41) is 20.4. The van der Waals surface area contributed by atoms with Gasteiger partial charge in [0, 0.05) is 18.6 Å². The van der Waals surface area contributed by atoms with Crippen molar-refractivity contribution >= 4 is 24.3 Å². The molecule has 0 radical (unpaired) electrons. The van der Waals surface area contributed by atoms with E-state index in [2.05, 4.69) is 10.3 Å². The first-order chi connectivity index (χ1) is 6.50. The number of anilines is 1. The van der Waals surface area contributed by atoms with Gasteiger partial charge < -0.3 is 15.4 Å². The molecule has 14 heavy (non-hydrogen) atoms. The highest BCUT2D eigenvalue weighted by atomic mass is 16.4. The molecule has 0 aliphatic carbocycles. The maximum absolute atomic E-state index is 10.8. The Bertz CT molecular complexity index is 354. The lowest BCUT2D eigenvalue weighted by atomic mass is 9.80. The van der Waals surface area contributed by atoms with Gasteiger partial charge in [0.05, 0.1) is 0 Å². The minimum Gasteiger partial charge on any atom is -0.423 e. The number of aryl methyl sites for hydroxylation is 1. The number of amides is 1. The zero-order valence-electron chi connectivity index (χ0n) is 7.98. The predicted molar refractivity (Wildman–Crippen MR) is 53.1 cm³/mol. The molecule has 74 valence electrons. The monoisotopic (exact) mass is 194 g/mol. The number of hydrogen-bond donors (Lipinski definition) is 3. The van der Waals surface area contributed by atoms with Gasteiger partial charge in [-0.25, -0.2) is 4.98 Å². The van der Waals surface area contributed by atoms with Gasteiger partial charge >= 0.3 is 7.12 Å². The van der Waals surface area contributed by atoms with Crippen molar-refractivity contribution in [3.63, 3.8) is 0 Å². The molecule has 0 aliphatic heterocycles. The lowest BCUT2D eigenvalue weighted by molar-refractivity contribution is -0.114. The number of carbonyl (C=O) groups excluding carboxylic acids is 1. The fourth-order valence-electron chi connectivity index (χ4n) is 1.06. The molecule has 0 unspecified atom stereocenters. The number of hydrogen-bond acceptors (Lipinski definition) is 4. The number of nitrogens with zero attached hydrogens (tertiary/aromatic N) is 1. The van der Waals surface area contributed by atoms with Crippen LogP contribution in [-0.4, -0.2) is 28.1 Å². The molecular weight excluding hydrogens is 183 g/mol. The molecule has 0 fully saturated rings. The van der Waals surface area contributed by atoms with Crippen LogP contribution in [0.25, 0.3) is 0 Å². The minimum atomic E-state index is -1.63. The van der Waals surface area contributed by atoms with Crippen LogP contribution >= 0.6 is 0 Å². The first-order valence-corrected chi connectivity index (χ1v) is 4.11. The van der Waals surface area contributed by atoms with Crippen LogP contribution in [0.2, 0.25) is 0 Å². The second-order valence-corrected chi connectivity index (χ2v) is 3.01. The SMILES string of the molecule is CC(=O)Nc1ncc(C)cc1B(O)O. The molecule has 6 heteroatoms. The topological polar surface area (TPSA) is 82.5 Å². The summed E-state index contributed by atoms with van der Waals surface area (Å²) >= 11 is 0. The normalized spacial score (nSPS) is 9.71. The summed E-state index contributed by atoms with van der Waals surface area (Å²) in [6, 6.07) is 1.56. The van der Waals surface area contributed by atoms with Crippen molar-refractivity contribution in [1.29, 1.82) is 0 Å². The van der Waals surface area contributed by atoms with Crippen molar-refractivity contribution in [1.82, 2.24) is 4.98 Å². The zero-order valence-corrected chi connectivity index (χ0v) is 7.98. The van der Waals surface area contributed by atoms with Crippen molar-refractivity contribution in [3.8, 4) is 0 Å². The highest BCUT2D eigenvalue weighted by Crippen LogP contribution is 2.02. The highest BCUT2D eigenvalue weighted by Gasteiger charge is 2.17. The van der Waals surface area contributed by atoms with Crippen LogP contribution in [-0.2, 0) is 4.79 Å². The standard InChI is InChI=1S/C8H11BN2O3/c1-5-3-7(9(13)14)8(10-4-5)11-6(2)12/h3-4,13-14H,1-2H3,(H,10,11,12). The Morgan fingerprint density at radius 1 is 1.57 bits per heavy atom. The summed E-state index contributed by atoms with van der Waals surface area (Å²) in [5.41, 5.74) is 0.988. The molecule has 1 aromatic heterocycles. The molecule has 0 atom stereocenters. The van der Waals surface area contributed by atoms with Crippen LogP contribution in [0.4, 0.5) is 5.82 Å². The van der Waals surface area contributed by atoms with E-state index in [1.54, 1.807) is 13.0 Å². The van der Waals surface area contributed by atoms with Gasteiger partial charge in [0.2, 0.25) is 5.91 Å². The van der Waals surface area contributed by atoms with E-state index in [1.165, 1.54) is 13.1 Å². The molecule has 3 N–H and O–H groups in total. The van der Waals surface area contributed by atoms with Crippen LogP contribution in [0, 0.1) is 6.92 Å². The first-order valence-electron chi connectivity index (χ1n) is 4.11. The number of aromatic nitrogens is 1. The molecule has 1 heterocycles. The van der Waals surface area contributed by atoms with E-state index < -0.39 is 7.12 Å². The summed E-state index contributed by atoms with van der Waals surface area (Å²) in [5.74, 6) is -0.124. The average Bonchev–Trinajstić information content (AvgIpc) is 2.07. The zero-order chi connectivity index (χ0) is 10.7.